The molecule has 0 aromatic heterocycles. The van der Waals surface area contributed by atoms with Gasteiger partial charge in [0.25, 0.3) is 0 Å². The highest BCUT2D eigenvalue weighted by atomic mass is 16.5. The van der Waals surface area contributed by atoms with Crippen LogP contribution in [0.3, 0.4) is 0 Å². The van der Waals surface area contributed by atoms with E-state index in [0.717, 1.165) is 12.0 Å². The lowest BCUT2D eigenvalue weighted by Crippen LogP contribution is -2.08. The highest BCUT2D eigenvalue weighted by molar-refractivity contribution is 5.93. The van der Waals surface area contributed by atoms with E-state index in [1.165, 1.54) is 0 Å². The van der Waals surface area contributed by atoms with Crippen LogP contribution in [-0.2, 0) is 9.53 Å². The lowest BCUT2D eigenvalue weighted by molar-refractivity contribution is -0.138. The first-order valence-corrected chi connectivity index (χ1v) is 6.51. The molecule has 0 saturated heterocycles. The smallest absolute Gasteiger partial charge is 0.341 e. The first kappa shape index (κ1) is 15.0. The van der Waals surface area contributed by atoms with Crippen molar-refractivity contribution in [3.05, 3.63) is 53.3 Å². The Morgan fingerprint density at radius 2 is 1.95 bits per heavy atom. The van der Waals surface area contributed by atoms with Gasteiger partial charge in [-0.25, -0.2) is 4.79 Å². The van der Waals surface area contributed by atoms with Crippen molar-refractivity contribution >= 4 is 12.0 Å². The molecule has 0 aliphatic heterocycles. The van der Waals surface area contributed by atoms with Gasteiger partial charge in [0, 0.05) is 6.42 Å². The predicted molar refractivity (Wildman–Crippen MR) is 76.7 cm³/mol. The second-order valence-corrected chi connectivity index (χ2v) is 4.07. The van der Waals surface area contributed by atoms with Crippen molar-refractivity contribution in [3.63, 3.8) is 0 Å². The van der Waals surface area contributed by atoms with E-state index in [1.807, 2.05) is 37.3 Å². The Bertz CT molecular complexity index is 458. The molecule has 0 fully saturated rings. The SMILES string of the molecule is CCCC(O)=C(C=Cc1ccccc1)C(=O)OCC. The van der Waals surface area contributed by atoms with Gasteiger partial charge >= 0.3 is 5.97 Å². The number of rotatable bonds is 6. The van der Waals surface area contributed by atoms with E-state index < -0.39 is 5.97 Å². The van der Waals surface area contributed by atoms with E-state index in [2.05, 4.69) is 0 Å². The lowest BCUT2D eigenvalue weighted by Gasteiger charge is -2.06. The van der Waals surface area contributed by atoms with Crippen LogP contribution < -0.4 is 0 Å². The highest BCUT2D eigenvalue weighted by Crippen LogP contribution is 2.14. The normalized spacial score (nSPS) is 12.3. The van der Waals surface area contributed by atoms with Crippen LogP contribution in [0.5, 0.6) is 0 Å². The molecule has 0 aliphatic rings. The molecule has 1 aromatic carbocycles. The molecule has 0 bridgehead atoms. The zero-order chi connectivity index (χ0) is 14.1. The Kier molecular flexibility index (Phi) is 6.44. The summed E-state index contributed by atoms with van der Waals surface area (Å²) < 4.78 is 4.95. The second kappa shape index (κ2) is 8.14. The first-order valence-electron chi connectivity index (χ1n) is 6.51. The van der Waals surface area contributed by atoms with Gasteiger partial charge in [-0.1, -0.05) is 43.3 Å². The minimum atomic E-state index is -0.486. The van der Waals surface area contributed by atoms with Gasteiger partial charge in [0.1, 0.15) is 5.76 Å². The third-order valence-electron chi connectivity index (χ3n) is 2.54. The van der Waals surface area contributed by atoms with Gasteiger partial charge in [0.2, 0.25) is 0 Å². The van der Waals surface area contributed by atoms with Gasteiger partial charge < -0.3 is 9.84 Å². The average Bonchev–Trinajstić information content (AvgIpc) is 2.41. The van der Waals surface area contributed by atoms with Gasteiger partial charge in [-0.05, 0) is 25.0 Å². The maximum Gasteiger partial charge on any atom is 0.341 e. The molecule has 102 valence electrons. The number of esters is 1. The molecule has 19 heavy (non-hydrogen) atoms. The summed E-state index contributed by atoms with van der Waals surface area (Å²) in [7, 11) is 0. The zero-order valence-electron chi connectivity index (χ0n) is 11.4. The predicted octanol–water partition coefficient (Wildman–Crippen LogP) is 3.88. The summed E-state index contributed by atoms with van der Waals surface area (Å²) in [5, 5.41) is 9.91. The second-order valence-electron chi connectivity index (χ2n) is 4.07. The van der Waals surface area contributed by atoms with Crippen molar-refractivity contribution in [2.45, 2.75) is 26.7 Å². The molecule has 3 nitrogen and oxygen atoms in total. The van der Waals surface area contributed by atoms with Crippen molar-refractivity contribution in [2.24, 2.45) is 0 Å². The molecule has 1 aromatic rings. The quantitative estimate of drug-likeness (QED) is 0.365. The Labute approximate surface area is 114 Å². The topological polar surface area (TPSA) is 46.5 Å². The number of benzene rings is 1. The minimum Gasteiger partial charge on any atom is -0.511 e. The third kappa shape index (κ3) is 5.00. The zero-order valence-corrected chi connectivity index (χ0v) is 11.4. The standard InChI is InChI=1S/C16H20O3/c1-3-8-15(17)14(16(18)19-4-2)12-11-13-9-6-5-7-10-13/h5-7,9-12,17H,3-4,8H2,1-2H3. The number of aliphatic hydroxyl groups excluding tert-OH is 1. The lowest BCUT2D eigenvalue weighted by atomic mass is 10.1. The van der Waals surface area contributed by atoms with Crippen LogP contribution >= 0.6 is 0 Å². The van der Waals surface area contributed by atoms with Crippen LogP contribution in [0, 0.1) is 0 Å². The molecule has 0 unspecified atom stereocenters. The fourth-order valence-electron chi connectivity index (χ4n) is 1.61. The van der Waals surface area contributed by atoms with E-state index in [0.29, 0.717) is 13.0 Å². The summed E-state index contributed by atoms with van der Waals surface area (Å²) in [6, 6.07) is 9.61. The van der Waals surface area contributed by atoms with Crippen molar-refractivity contribution in [3.8, 4) is 0 Å². The molecular weight excluding hydrogens is 240 g/mol. The summed E-state index contributed by atoms with van der Waals surface area (Å²) >= 11 is 0. The summed E-state index contributed by atoms with van der Waals surface area (Å²) in [5.74, 6) is -0.409. The molecule has 0 amide bonds. The van der Waals surface area contributed by atoms with Gasteiger partial charge in [-0.3, -0.25) is 0 Å². The highest BCUT2D eigenvalue weighted by Gasteiger charge is 2.12. The monoisotopic (exact) mass is 260 g/mol. The molecule has 0 aliphatic carbocycles. The average molecular weight is 260 g/mol. The largest absolute Gasteiger partial charge is 0.511 e. The molecule has 3 heteroatoms. The van der Waals surface area contributed by atoms with Crippen molar-refractivity contribution in [1.82, 2.24) is 0 Å². The summed E-state index contributed by atoms with van der Waals surface area (Å²) in [4.78, 5) is 11.8. The molecular formula is C16H20O3. The maximum absolute atomic E-state index is 11.8. The number of hydrogen-bond acceptors (Lipinski definition) is 3. The van der Waals surface area contributed by atoms with Gasteiger partial charge in [0.05, 0.1) is 12.2 Å². The fraction of sp³-hybridized carbons (Fsp3) is 0.312. The third-order valence-corrected chi connectivity index (χ3v) is 2.54. The van der Waals surface area contributed by atoms with Crippen LogP contribution in [0.2, 0.25) is 0 Å². The number of allylic oxidation sites excluding steroid dienone is 1. The van der Waals surface area contributed by atoms with Gasteiger partial charge in [0.15, 0.2) is 0 Å². The molecule has 0 heterocycles. The number of carbonyl (C=O) groups excluding carboxylic acids is 1. The van der Waals surface area contributed by atoms with Gasteiger partial charge in [-0.2, -0.15) is 0 Å². The Balaban J connectivity index is 2.95. The van der Waals surface area contributed by atoms with Crippen LogP contribution in [-0.4, -0.2) is 17.7 Å². The van der Waals surface area contributed by atoms with Crippen LogP contribution in [0.4, 0.5) is 0 Å². The molecule has 1 rings (SSSR count). The maximum atomic E-state index is 11.8. The van der Waals surface area contributed by atoms with E-state index in [4.69, 9.17) is 4.74 Å². The van der Waals surface area contributed by atoms with Crippen LogP contribution in [0.25, 0.3) is 6.08 Å². The van der Waals surface area contributed by atoms with E-state index in [9.17, 15) is 9.90 Å². The number of ether oxygens (including phenoxy) is 1. The minimum absolute atomic E-state index is 0.0770. The van der Waals surface area contributed by atoms with Crippen molar-refractivity contribution in [2.75, 3.05) is 6.61 Å². The Morgan fingerprint density at radius 1 is 1.26 bits per heavy atom. The molecule has 0 radical (unpaired) electrons. The molecule has 0 spiro atoms. The molecule has 0 atom stereocenters. The molecule has 1 N–H and O–H groups in total. The summed E-state index contributed by atoms with van der Waals surface area (Å²) in [6.07, 6.45) is 4.64. The van der Waals surface area contributed by atoms with Crippen LogP contribution in [0.1, 0.15) is 32.3 Å². The fourth-order valence-corrected chi connectivity index (χ4v) is 1.61. The van der Waals surface area contributed by atoms with E-state index in [-0.39, 0.29) is 11.3 Å². The number of aliphatic hydroxyl groups is 1. The summed E-state index contributed by atoms with van der Waals surface area (Å²) in [5.41, 5.74) is 1.20. The van der Waals surface area contributed by atoms with E-state index >= 15 is 0 Å². The molecule has 0 saturated carbocycles. The summed E-state index contributed by atoms with van der Waals surface area (Å²) in [6.45, 7) is 3.98. The van der Waals surface area contributed by atoms with Gasteiger partial charge in [-0.15, -0.1) is 0 Å². The van der Waals surface area contributed by atoms with Crippen molar-refractivity contribution in [1.29, 1.82) is 0 Å². The Morgan fingerprint density at radius 3 is 2.53 bits per heavy atom. The van der Waals surface area contributed by atoms with Crippen molar-refractivity contribution < 1.29 is 14.6 Å². The van der Waals surface area contributed by atoms with Crippen LogP contribution in [0.15, 0.2) is 47.7 Å². The number of carbonyl (C=O) groups is 1. The van der Waals surface area contributed by atoms with E-state index in [1.54, 1.807) is 19.1 Å². The number of hydrogen-bond donors (Lipinski definition) is 1. The first-order chi connectivity index (χ1) is 9.19. The Hall–Kier alpha value is -2.03.